The highest BCUT2D eigenvalue weighted by atomic mass is 16.3. The Kier molecular flexibility index (Phi) is 4.28. The summed E-state index contributed by atoms with van der Waals surface area (Å²) in [7, 11) is 0. The van der Waals surface area contributed by atoms with Crippen LogP contribution in [-0.2, 0) is 16.0 Å². The third-order valence-electron chi connectivity index (χ3n) is 2.40. The molecule has 0 aliphatic rings. The van der Waals surface area contributed by atoms with Crippen molar-refractivity contribution < 1.29 is 14.0 Å². The molecule has 2 aromatic heterocycles. The van der Waals surface area contributed by atoms with E-state index in [1.807, 2.05) is 6.07 Å². The van der Waals surface area contributed by atoms with Gasteiger partial charge in [0.05, 0.1) is 24.4 Å². The van der Waals surface area contributed by atoms with E-state index < -0.39 is 11.8 Å². The molecule has 0 aliphatic heterocycles. The van der Waals surface area contributed by atoms with Crippen molar-refractivity contribution in [1.29, 1.82) is 0 Å². The number of amides is 2. The average molecular weight is 259 g/mol. The van der Waals surface area contributed by atoms with Crippen molar-refractivity contribution in [3.8, 4) is 0 Å². The molecule has 98 valence electrons. The number of carbonyl (C=O) groups excluding carboxylic acids is 2. The predicted molar refractivity (Wildman–Crippen MR) is 68.3 cm³/mol. The van der Waals surface area contributed by atoms with Crippen molar-refractivity contribution in [3.63, 3.8) is 0 Å². The lowest BCUT2D eigenvalue weighted by Gasteiger charge is -2.05. The maximum atomic E-state index is 11.5. The van der Waals surface area contributed by atoms with Crippen LogP contribution < -0.4 is 10.6 Å². The molecule has 2 amide bonds. The largest absolute Gasteiger partial charge is 0.472 e. The standard InChI is InChI=1S/C13H13N3O3/c17-12(15-6-3-10-4-7-19-9-10)13(18)16-11-2-1-5-14-8-11/h1-2,4-5,7-9H,3,6H2,(H,15,17)(H,16,18). The first kappa shape index (κ1) is 12.8. The Morgan fingerprint density at radius 3 is 2.84 bits per heavy atom. The van der Waals surface area contributed by atoms with Crippen LogP contribution in [0.15, 0.2) is 47.5 Å². The third kappa shape index (κ3) is 3.95. The predicted octanol–water partition coefficient (Wildman–Crippen LogP) is 0.972. The number of rotatable bonds is 4. The summed E-state index contributed by atoms with van der Waals surface area (Å²) in [6.07, 6.45) is 6.83. The second-order valence-electron chi connectivity index (χ2n) is 3.83. The lowest BCUT2D eigenvalue weighted by Crippen LogP contribution is -2.36. The number of hydrogen-bond donors (Lipinski definition) is 2. The fraction of sp³-hybridized carbons (Fsp3) is 0.154. The summed E-state index contributed by atoms with van der Waals surface area (Å²) < 4.78 is 4.90. The molecule has 2 aromatic rings. The van der Waals surface area contributed by atoms with Crippen LogP contribution in [0.25, 0.3) is 0 Å². The molecule has 2 rings (SSSR count). The van der Waals surface area contributed by atoms with Gasteiger partial charge in [-0.3, -0.25) is 14.6 Å². The number of aromatic nitrogens is 1. The zero-order chi connectivity index (χ0) is 13.5. The number of hydrogen-bond acceptors (Lipinski definition) is 4. The molecule has 6 nitrogen and oxygen atoms in total. The first-order chi connectivity index (χ1) is 9.25. The molecule has 0 spiro atoms. The van der Waals surface area contributed by atoms with Crippen molar-refractivity contribution in [3.05, 3.63) is 48.7 Å². The van der Waals surface area contributed by atoms with Crippen LogP contribution in [0, 0.1) is 0 Å². The third-order valence-corrected chi connectivity index (χ3v) is 2.40. The molecule has 0 fully saturated rings. The number of nitrogens with zero attached hydrogens (tertiary/aromatic N) is 1. The molecule has 19 heavy (non-hydrogen) atoms. The molecule has 0 atom stereocenters. The normalized spacial score (nSPS) is 9.89. The second kappa shape index (κ2) is 6.34. The zero-order valence-corrected chi connectivity index (χ0v) is 10.1. The lowest BCUT2D eigenvalue weighted by molar-refractivity contribution is -0.136. The van der Waals surface area contributed by atoms with Gasteiger partial charge in [-0.25, -0.2) is 0 Å². The molecule has 0 saturated carbocycles. The highest BCUT2D eigenvalue weighted by molar-refractivity contribution is 6.39. The van der Waals surface area contributed by atoms with Gasteiger partial charge >= 0.3 is 11.8 Å². The van der Waals surface area contributed by atoms with E-state index in [1.165, 1.54) is 6.20 Å². The fourth-order valence-electron chi connectivity index (χ4n) is 1.46. The van der Waals surface area contributed by atoms with E-state index in [9.17, 15) is 9.59 Å². The molecule has 2 heterocycles. The van der Waals surface area contributed by atoms with Gasteiger partial charge < -0.3 is 15.1 Å². The minimum absolute atomic E-state index is 0.374. The summed E-state index contributed by atoms with van der Waals surface area (Å²) in [5.74, 6) is -1.38. The van der Waals surface area contributed by atoms with Gasteiger partial charge in [-0.2, -0.15) is 0 Å². The summed E-state index contributed by atoms with van der Waals surface area (Å²) in [5, 5.41) is 4.98. The van der Waals surface area contributed by atoms with E-state index in [2.05, 4.69) is 15.6 Å². The van der Waals surface area contributed by atoms with Crippen LogP contribution in [0.3, 0.4) is 0 Å². The number of anilines is 1. The summed E-state index contributed by atoms with van der Waals surface area (Å²) in [6, 6.07) is 5.14. The van der Waals surface area contributed by atoms with Gasteiger partial charge in [-0.1, -0.05) is 0 Å². The van der Waals surface area contributed by atoms with Crippen molar-refractivity contribution in [1.82, 2.24) is 10.3 Å². The van der Waals surface area contributed by atoms with Crippen LogP contribution in [0.2, 0.25) is 0 Å². The molecule has 2 N–H and O–H groups in total. The van der Waals surface area contributed by atoms with E-state index in [4.69, 9.17) is 4.42 Å². The first-order valence-corrected chi connectivity index (χ1v) is 5.76. The van der Waals surface area contributed by atoms with Crippen molar-refractivity contribution in [2.45, 2.75) is 6.42 Å². The van der Waals surface area contributed by atoms with Gasteiger partial charge in [0.1, 0.15) is 0 Å². The summed E-state index contributed by atoms with van der Waals surface area (Å²) in [6.45, 7) is 0.374. The topological polar surface area (TPSA) is 84.2 Å². The van der Waals surface area contributed by atoms with Crippen LogP contribution in [-0.4, -0.2) is 23.3 Å². The van der Waals surface area contributed by atoms with Gasteiger partial charge in [0.2, 0.25) is 0 Å². The molecular weight excluding hydrogens is 246 g/mol. The van der Waals surface area contributed by atoms with E-state index >= 15 is 0 Å². The molecule has 0 bridgehead atoms. The maximum absolute atomic E-state index is 11.5. The van der Waals surface area contributed by atoms with Crippen molar-refractivity contribution >= 4 is 17.5 Å². The SMILES string of the molecule is O=C(NCCc1ccoc1)C(=O)Nc1cccnc1. The number of pyridine rings is 1. The first-order valence-electron chi connectivity index (χ1n) is 5.76. The van der Waals surface area contributed by atoms with Crippen LogP contribution in [0.4, 0.5) is 5.69 Å². The Bertz CT molecular complexity index is 538. The second-order valence-corrected chi connectivity index (χ2v) is 3.83. The van der Waals surface area contributed by atoms with E-state index in [0.29, 0.717) is 18.7 Å². The van der Waals surface area contributed by atoms with E-state index in [0.717, 1.165) is 5.56 Å². The van der Waals surface area contributed by atoms with Gasteiger partial charge in [0, 0.05) is 12.7 Å². The Morgan fingerprint density at radius 2 is 2.16 bits per heavy atom. The summed E-state index contributed by atoms with van der Waals surface area (Å²) in [5.41, 5.74) is 1.45. The molecule has 0 aliphatic carbocycles. The van der Waals surface area contributed by atoms with Crippen molar-refractivity contribution in [2.75, 3.05) is 11.9 Å². The van der Waals surface area contributed by atoms with Gasteiger partial charge in [-0.05, 0) is 30.2 Å². The Morgan fingerprint density at radius 1 is 1.26 bits per heavy atom. The molecule has 0 radical (unpaired) electrons. The number of nitrogens with one attached hydrogen (secondary N) is 2. The summed E-state index contributed by atoms with van der Waals surface area (Å²) >= 11 is 0. The number of carbonyl (C=O) groups is 2. The minimum atomic E-state index is -0.708. The Balaban J connectivity index is 1.75. The highest BCUT2D eigenvalue weighted by Gasteiger charge is 2.12. The summed E-state index contributed by atoms with van der Waals surface area (Å²) in [4.78, 5) is 26.9. The Hall–Kier alpha value is -2.63. The zero-order valence-electron chi connectivity index (χ0n) is 10.1. The fourth-order valence-corrected chi connectivity index (χ4v) is 1.46. The quantitative estimate of drug-likeness (QED) is 0.801. The van der Waals surface area contributed by atoms with Gasteiger partial charge in [-0.15, -0.1) is 0 Å². The average Bonchev–Trinajstić information content (AvgIpc) is 2.93. The minimum Gasteiger partial charge on any atom is -0.472 e. The van der Waals surface area contributed by atoms with Crippen LogP contribution in [0.5, 0.6) is 0 Å². The molecule has 6 heteroatoms. The molecule has 0 unspecified atom stereocenters. The van der Waals surface area contributed by atoms with E-state index in [-0.39, 0.29) is 0 Å². The lowest BCUT2D eigenvalue weighted by atomic mass is 10.2. The molecule has 0 aromatic carbocycles. The van der Waals surface area contributed by atoms with Gasteiger partial charge in [0.25, 0.3) is 0 Å². The van der Waals surface area contributed by atoms with Gasteiger partial charge in [0.15, 0.2) is 0 Å². The maximum Gasteiger partial charge on any atom is 0.313 e. The van der Waals surface area contributed by atoms with Crippen LogP contribution in [0.1, 0.15) is 5.56 Å². The monoisotopic (exact) mass is 259 g/mol. The van der Waals surface area contributed by atoms with E-state index in [1.54, 1.807) is 30.9 Å². The van der Waals surface area contributed by atoms with Crippen LogP contribution >= 0.6 is 0 Å². The molecule has 0 saturated heterocycles. The molecular formula is C13H13N3O3. The van der Waals surface area contributed by atoms with Crippen molar-refractivity contribution in [2.24, 2.45) is 0 Å². The Labute approximate surface area is 109 Å². The number of furan rings is 1. The smallest absolute Gasteiger partial charge is 0.313 e. The highest BCUT2D eigenvalue weighted by Crippen LogP contribution is 2.02.